The topological polar surface area (TPSA) is 26.3 Å². The standard InChI is InChI=1S/C38H59FO2.3H2/c1-8-14-31-18-13-20-36(37(31)30(10-3)17-12-19-33(39)23-29-15-11-16-29)41-34-22-27(4)32(24-34)25-35(40)28(5)26-38(6,7)21-9-2;;;/h12-13,17-20,27-29,32-34H,8-11,14-16,21-26H2,1-7H3;3*1H/b19-12-,30-17+;;;/t27?,28-,32+,33?,34+;;;/m0.../s1. The predicted octanol–water partition coefficient (Wildman–Crippen LogP) is 11.9. The first-order valence-electron chi connectivity index (χ1n) is 16.9. The van der Waals surface area contributed by atoms with E-state index < -0.39 is 6.17 Å². The van der Waals surface area contributed by atoms with Crippen molar-refractivity contribution in [2.24, 2.45) is 29.1 Å². The fraction of sp³-hybridized carbons (Fsp3) is 0.711. The van der Waals surface area contributed by atoms with E-state index in [2.05, 4.69) is 72.7 Å². The summed E-state index contributed by atoms with van der Waals surface area (Å²) in [6, 6.07) is 6.44. The summed E-state index contributed by atoms with van der Waals surface area (Å²) in [7, 11) is 0. The van der Waals surface area contributed by atoms with Crippen molar-refractivity contribution in [1.82, 2.24) is 0 Å². The monoisotopic (exact) mass is 572 g/mol. The Hall–Kier alpha value is -1.90. The van der Waals surface area contributed by atoms with Crippen LogP contribution in [-0.4, -0.2) is 18.1 Å². The first-order chi connectivity index (χ1) is 19.6. The Morgan fingerprint density at radius 3 is 2.56 bits per heavy atom. The molecule has 1 aromatic rings. The van der Waals surface area contributed by atoms with E-state index in [1.807, 2.05) is 6.08 Å². The average molecular weight is 573 g/mol. The second-order valence-electron chi connectivity index (χ2n) is 14.2. The Bertz CT molecular complexity index is 1030. The van der Waals surface area contributed by atoms with E-state index in [4.69, 9.17) is 4.74 Å². The smallest absolute Gasteiger partial charge is 0.136 e. The van der Waals surface area contributed by atoms with Gasteiger partial charge in [-0.15, -0.1) is 0 Å². The third-order valence-electron chi connectivity index (χ3n) is 9.83. The molecule has 3 heteroatoms. The molecule has 2 fully saturated rings. The Balaban J connectivity index is 0.00000616. The predicted molar refractivity (Wildman–Crippen MR) is 179 cm³/mol. The number of alkyl halides is 1. The van der Waals surface area contributed by atoms with Crippen molar-refractivity contribution < 1.29 is 18.2 Å². The molecule has 0 aliphatic heterocycles. The van der Waals surface area contributed by atoms with Crippen LogP contribution in [0.5, 0.6) is 5.75 Å². The van der Waals surface area contributed by atoms with Crippen molar-refractivity contribution in [3.63, 3.8) is 0 Å². The van der Waals surface area contributed by atoms with Crippen LogP contribution in [0.25, 0.3) is 5.57 Å². The summed E-state index contributed by atoms with van der Waals surface area (Å²) in [6.07, 6.45) is 18.1. The summed E-state index contributed by atoms with van der Waals surface area (Å²) >= 11 is 0. The van der Waals surface area contributed by atoms with E-state index in [0.29, 0.717) is 36.4 Å². The van der Waals surface area contributed by atoms with Gasteiger partial charge < -0.3 is 4.74 Å². The number of carbonyl (C=O) groups excluding carboxylic acids is 1. The quantitative estimate of drug-likeness (QED) is 0.174. The largest absolute Gasteiger partial charge is 0.490 e. The lowest BCUT2D eigenvalue weighted by Gasteiger charge is -2.28. The molecule has 2 aliphatic rings. The van der Waals surface area contributed by atoms with Crippen molar-refractivity contribution in [1.29, 1.82) is 0 Å². The molecule has 0 heterocycles. The molecule has 0 radical (unpaired) electrons. The molecule has 2 unspecified atom stereocenters. The number of hydrogen-bond donors (Lipinski definition) is 0. The van der Waals surface area contributed by atoms with E-state index in [1.54, 1.807) is 6.08 Å². The van der Waals surface area contributed by atoms with Crippen LogP contribution in [0.1, 0.15) is 141 Å². The number of aryl methyl sites for hydroxylation is 1. The number of allylic oxidation sites excluding steroid dienone is 4. The zero-order valence-electron chi connectivity index (χ0n) is 27.3. The third kappa shape index (κ3) is 10.1. The van der Waals surface area contributed by atoms with Crippen LogP contribution in [0, 0.1) is 29.1 Å². The van der Waals surface area contributed by atoms with Gasteiger partial charge in [0, 0.05) is 22.2 Å². The van der Waals surface area contributed by atoms with Gasteiger partial charge in [0.05, 0.1) is 6.10 Å². The molecule has 1 aromatic carbocycles. The number of benzene rings is 1. The Kier molecular flexibility index (Phi) is 13.2. The normalized spacial score (nSPS) is 23.5. The van der Waals surface area contributed by atoms with Crippen LogP contribution in [0.2, 0.25) is 0 Å². The molecule has 41 heavy (non-hydrogen) atoms. The first kappa shape index (κ1) is 33.6. The molecular weight excluding hydrogens is 507 g/mol. The number of Topliss-reactive ketones (excluding diaryl/α,β-unsaturated/α-hetero) is 1. The average Bonchev–Trinajstić information content (AvgIpc) is 3.22. The minimum atomic E-state index is -0.865. The van der Waals surface area contributed by atoms with Gasteiger partial charge in [0.1, 0.15) is 17.7 Å². The molecule has 3 rings (SSSR count). The molecule has 2 nitrogen and oxygen atoms in total. The maximum atomic E-state index is 14.5. The van der Waals surface area contributed by atoms with Gasteiger partial charge in [-0.2, -0.15) is 0 Å². The van der Waals surface area contributed by atoms with Gasteiger partial charge in [-0.05, 0) is 85.3 Å². The lowest BCUT2D eigenvalue weighted by atomic mass is 9.77. The summed E-state index contributed by atoms with van der Waals surface area (Å²) in [5.41, 5.74) is 3.92. The highest BCUT2D eigenvalue weighted by Gasteiger charge is 2.36. The first-order valence-corrected chi connectivity index (χ1v) is 16.9. The lowest BCUT2D eigenvalue weighted by molar-refractivity contribution is -0.124. The fourth-order valence-corrected chi connectivity index (χ4v) is 7.33. The molecular formula is C38H65FO2. The van der Waals surface area contributed by atoms with Crippen LogP contribution in [-0.2, 0) is 11.2 Å². The third-order valence-corrected chi connectivity index (χ3v) is 9.83. The second kappa shape index (κ2) is 16.1. The summed E-state index contributed by atoms with van der Waals surface area (Å²) in [4.78, 5) is 13.2. The summed E-state index contributed by atoms with van der Waals surface area (Å²) < 4.78 is 21.3. The van der Waals surface area contributed by atoms with Crippen molar-refractivity contribution >= 4 is 11.4 Å². The molecule has 0 N–H and O–H groups in total. The van der Waals surface area contributed by atoms with Crippen LogP contribution in [0.3, 0.4) is 0 Å². The van der Waals surface area contributed by atoms with E-state index in [0.717, 1.165) is 50.7 Å². The van der Waals surface area contributed by atoms with Gasteiger partial charge in [0.2, 0.25) is 0 Å². The van der Waals surface area contributed by atoms with Gasteiger partial charge in [-0.25, -0.2) is 4.39 Å². The van der Waals surface area contributed by atoms with Crippen molar-refractivity contribution in [3.05, 3.63) is 47.6 Å². The molecule has 0 amide bonds. The van der Waals surface area contributed by atoms with E-state index in [-0.39, 0.29) is 21.7 Å². The van der Waals surface area contributed by atoms with E-state index in [9.17, 15) is 9.18 Å². The molecule has 5 atom stereocenters. The number of ether oxygens (including phenoxy) is 1. The van der Waals surface area contributed by atoms with E-state index in [1.165, 1.54) is 42.4 Å². The van der Waals surface area contributed by atoms with Crippen LogP contribution in [0.4, 0.5) is 4.39 Å². The molecule has 0 spiro atoms. The molecule has 236 valence electrons. The minimum Gasteiger partial charge on any atom is -0.490 e. The highest BCUT2D eigenvalue weighted by Crippen LogP contribution is 2.41. The number of hydrogen-bond acceptors (Lipinski definition) is 2. The fourth-order valence-electron chi connectivity index (χ4n) is 7.33. The van der Waals surface area contributed by atoms with Gasteiger partial charge >= 0.3 is 0 Å². The molecule has 0 saturated heterocycles. The van der Waals surface area contributed by atoms with E-state index >= 15 is 0 Å². The highest BCUT2D eigenvalue weighted by molar-refractivity contribution is 5.81. The zero-order valence-corrected chi connectivity index (χ0v) is 27.3. The Morgan fingerprint density at radius 1 is 1.17 bits per heavy atom. The minimum absolute atomic E-state index is 0. The van der Waals surface area contributed by atoms with Crippen LogP contribution in [0.15, 0.2) is 36.4 Å². The molecule has 0 bridgehead atoms. The van der Waals surface area contributed by atoms with Gasteiger partial charge in [0.25, 0.3) is 0 Å². The van der Waals surface area contributed by atoms with Crippen LogP contribution >= 0.6 is 0 Å². The Morgan fingerprint density at radius 2 is 1.93 bits per heavy atom. The summed E-state index contributed by atoms with van der Waals surface area (Å²) in [5, 5.41) is 0. The number of halogens is 1. The lowest BCUT2D eigenvalue weighted by Crippen LogP contribution is -2.23. The molecule has 0 aromatic heterocycles. The van der Waals surface area contributed by atoms with Crippen LogP contribution < -0.4 is 4.74 Å². The summed E-state index contributed by atoms with van der Waals surface area (Å²) in [5.74, 6) is 2.91. The van der Waals surface area contributed by atoms with Crippen molar-refractivity contribution in [3.8, 4) is 5.75 Å². The SMILES string of the molecule is CCCc1cccc(O[C@@H]2CC(C)[C@@H](CC(=O)[C@@H](C)CC(C)(C)CCC)C2)c1/C(=C/C=C\C(F)CC1CCC1)CC.[HH].[HH].[HH]. The van der Waals surface area contributed by atoms with Crippen molar-refractivity contribution in [2.75, 3.05) is 0 Å². The number of ketones is 1. The number of rotatable bonds is 17. The number of carbonyl (C=O) groups is 1. The Labute approximate surface area is 256 Å². The van der Waals surface area contributed by atoms with Crippen molar-refractivity contribution in [2.45, 2.75) is 144 Å². The maximum Gasteiger partial charge on any atom is 0.136 e. The molecule has 2 saturated carbocycles. The zero-order chi connectivity index (χ0) is 30.0. The second-order valence-corrected chi connectivity index (χ2v) is 14.2. The maximum absolute atomic E-state index is 14.5. The summed E-state index contributed by atoms with van der Waals surface area (Å²) in [6.45, 7) is 15.6. The highest BCUT2D eigenvalue weighted by atomic mass is 19.1. The van der Waals surface area contributed by atoms with Gasteiger partial charge in [-0.1, -0.05) is 111 Å². The van der Waals surface area contributed by atoms with Gasteiger partial charge in [0.15, 0.2) is 0 Å². The van der Waals surface area contributed by atoms with Gasteiger partial charge in [-0.3, -0.25) is 4.79 Å². The molecule has 2 aliphatic carbocycles.